The Morgan fingerprint density at radius 1 is 1.13 bits per heavy atom. The number of amides is 1. The van der Waals surface area contributed by atoms with Gasteiger partial charge in [0.2, 0.25) is 0 Å². The van der Waals surface area contributed by atoms with Gasteiger partial charge >= 0.3 is 0 Å². The van der Waals surface area contributed by atoms with E-state index in [2.05, 4.69) is 18.8 Å². The number of benzene rings is 2. The third kappa shape index (κ3) is 5.18. The molecule has 0 radical (unpaired) electrons. The van der Waals surface area contributed by atoms with E-state index in [0.29, 0.717) is 30.2 Å². The number of anilines is 1. The fourth-order valence-corrected chi connectivity index (χ4v) is 1.94. The molecule has 120 valence electrons. The van der Waals surface area contributed by atoms with Crippen LogP contribution < -0.4 is 14.8 Å². The molecule has 0 bridgehead atoms. The second-order valence-corrected chi connectivity index (χ2v) is 4.95. The van der Waals surface area contributed by atoms with Gasteiger partial charge in [-0.3, -0.25) is 4.79 Å². The maximum Gasteiger partial charge on any atom is 0.255 e. The Labute approximate surface area is 136 Å². The van der Waals surface area contributed by atoms with Crippen molar-refractivity contribution >= 4 is 11.6 Å². The lowest BCUT2D eigenvalue weighted by Crippen LogP contribution is -2.11. The molecule has 0 unspecified atom stereocenters. The molecule has 2 rings (SSSR count). The zero-order valence-electron chi connectivity index (χ0n) is 13.2. The Bertz CT molecular complexity index is 650. The minimum Gasteiger partial charge on any atom is -0.494 e. The van der Waals surface area contributed by atoms with Gasteiger partial charge in [-0.15, -0.1) is 0 Å². The van der Waals surface area contributed by atoms with E-state index in [0.717, 1.165) is 12.2 Å². The van der Waals surface area contributed by atoms with Crippen LogP contribution >= 0.6 is 0 Å². The van der Waals surface area contributed by atoms with Gasteiger partial charge in [-0.05, 0) is 42.8 Å². The molecular formula is C19H21NO3. The molecule has 1 amide bonds. The number of hydrogen-bond acceptors (Lipinski definition) is 3. The summed E-state index contributed by atoms with van der Waals surface area (Å²) >= 11 is 0. The Balaban J connectivity index is 1.99. The van der Waals surface area contributed by atoms with Gasteiger partial charge in [0, 0.05) is 17.3 Å². The van der Waals surface area contributed by atoms with Crippen molar-refractivity contribution in [2.45, 2.75) is 13.3 Å². The molecule has 4 nitrogen and oxygen atoms in total. The van der Waals surface area contributed by atoms with Crippen LogP contribution in [0.2, 0.25) is 0 Å². The molecule has 23 heavy (non-hydrogen) atoms. The summed E-state index contributed by atoms with van der Waals surface area (Å²) in [6.07, 6.45) is 2.62. The molecule has 0 saturated carbocycles. The van der Waals surface area contributed by atoms with Crippen LogP contribution in [0.15, 0.2) is 61.2 Å². The number of ether oxygens (including phenoxy) is 2. The maximum atomic E-state index is 12.3. The summed E-state index contributed by atoms with van der Waals surface area (Å²) in [5, 5.41) is 2.85. The SMILES string of the molecule is C=CCOc1cccc(NC(=O)c2ccc(OCCC)cc2)c1. The van der Waals surface area contributed by atoms with Gasteiger partial charge in [0.05, 0.1) is 6.61 Å². The van der Waals surface area contributed by atoms with Crippen LogP contribution in [0.25, 0.3) is 0 Å². The third-order valence-corrected chi connectivity index (χ3v) is 3.05. The lowest BCUT2D eigenvalue weighted by Gasteiger charge is -2.09. The van der Waals surface area contributed by atoms with Crippen LogP contribution in [0.1, 0.15) is 23.7 Å². The predicted molar refractivity (Wildman–Crippen MR) is 92.3 cm³/mol. The average molecular weight is 311 g/mol. The zero-order chi connectivity index (χ0) is 16.5. The quantitative estimate of drug-likeness (QED) is 0.740. The minimum absolute atomic E-state index is 0.173. The first-order chi connectivity index (χ1) is 11.2. The summed E-state index contributed by atoms with van der Waals surface area (Å²) in [4.78, 5) is 12.3. The largest absolute Gasteiger partial charge is 0.494 e. The highest BCUT2D eigenvalue weighted by molar-refractivity contribution is 6.04. The normalized spacial score (nSPS) is 9.96. The molecule has 0 aliphatic carbocycles. The predicted octanol–water partition coefficient (Wildman–Crippen LogP) is 4.29. The van der Waals surface area contributed by atoms with E-state index in [4.69, 9.17) is 9.47 Å². The van der Waals surface area contributed by atoms with E-state index < -0.39 is 0 Å². The van der Waals surface area contributed by atoms with Crippen LogP contribution in [-0.4, -0.2) is 19.1 Å². The fourth-order valence-electron chi connectivity index (χ4n) is 1.94. The number of hydrogen-bond donors (Lipinski definition) is 1. The summed E-state index contributed by atoms with van der Waals surface area (Å²) in [5.74, 6) is 1.28. The van der Waals surface area contributed by atoms with Gasteiger partial charge in [-0.2, -0.15) is 0 Å². The van der Waals surface area contributed by atoms with Gasteiger partial charge in [-0.1, -0.05) is 25.6 Å². The molecule has 1 N–H and O–H groups in total. The van der Waals surface area contributed by atoms with Crippen molar-refractivity contribution in [2.24, 2.45) is 0 Å². The van der Waals surface area contributed by atoms with Gasteiger partial charge in [0.25, 0.3) is 5.91 Å². The van der Waals surface area contributed by atoms with E-state index >= 15 is 0 Å². The summed E-state index contributed by atoms with van der Waals surface area (Å²) in [5.41, 5.74) is 1.26. The van der Waals surface area contributed by atoms with E-state index in [9.17, 15) is 4.79 Å². The van der Waals surface area contributed by atoms with Crippen LogP contribution in [0.5, 0.6) is 11.5 Å². The van der Waals surface area contributed by atoms with Crippen molar-refractivity contribution in [3.8, 4) is 11.5 Å². The molecule has 0 aliphatic rings. The molecule has 2 aromatic rings. The number of carbonyl (C=O) groups excluding carboxylic acids is 1. The number of carbonyl (C=O) groups is 1. The monoisotopic (exact) mass is 311 g/mol. The first-order valence-corrected chi connectivity index (χ1v) is 7.61. The second-order valence-electron chi connectivity index (χ2n) is 4.95. The zero-order valence-corrected chi connectivity index (χ0v) is 13.2. The molecule has 0 aliphatic heterocycles. The third-order valence-electron chi connectivity index (χ3n) is 3.05. The topological polar surface area (TPSA) is 47.6 Å². The van der Waals surface area contributed by atoms with Crippen molar-refractivity contribution in [1.29, 1.82) is 0 Å². The fraction of sp³-hybridized carbons (Fsp3) is 0.211. The highest BCUT2D eigenvalue weighted by atomic mass is 16.5. The number of rotatable bonds is 8. The van der Waals surface area contributed by atoms with Crippen LogP contribution in [0.4, 0.5) is 5.69 Å². The molecule has 0 saturated heterocycles. The van der Waals surface area contributed by atoms with E-state index in [1.807, 2.05) is 18.2 Å². The maximum absolute atomic E-state index is 12.3. The van der Waals surface area contributed by atoms with Crippen molar-refractivity contribution in [1.82, 2.24) is 0 Å². The molecular weight excluding hydrogens is 290 g/mol. The molecule has 0 heterocycles. The standard InChI is InChI=1S/C19H21NO3/c1-3-12-22-17-10-8-15(9-11-17)19(21)20-16-6-5-7-18(14-16)23-13-4-2/h4-11,14H,2-3,12-13H2,1H3,(H,20,21). The average Bonchev–Trinajstić information content (AvgIpc) is 2.59. The smallest absolute Gasteiger partial charge is 0.255 e. The van der Waals surface area contributed by atoms with E-state index in [-0.39, 0.29) is 5.91 Å². The second kappa shape index (κ2) is 8.63. The van der Waals surface area contributed by atoms with E-state index in [1.165, 1.54) is 0 Å². The van der Waals surface area contributed by atoms with Crippen LogP contribution in [0, 0.1) is 0 Å². The Kier molecular flexibility index (Phi) is 6.24. The first-order valence-electron chi connectivity index (χ1n) is 7.61. The summed E-state index contributed by atoms with van der Waals surface area (Å²) in [6.45, 7) is 6.75. The minimum atomic E-state index is -0.173. The van der Waals surface area contributed by atoms with Crippen molar-refractivity contribution in [3.63, 3.8) is 0 Å². The summed E-state index contributed by atoms with van der Waals surface area (Å²) in [6, 6.07) is 14.4. The number of nitrogens with one attached hydrogen (secondary N) is 1. The van der Waals surface area contributed by atoms with Crippen molar-refractivity contribution < 1.29 is 14.3 Å². The van der Waals surface area contributed by atoms with Crippen LogP contribution in [0.3, 0.4) is 0 Å². The van der Waals surface area contributed by atoms with Crippen molar-refractivity contribution in [3.05, 3.63) is 66.7 Å². The Hall–Kier alpha value is -2.75. The molecule has 2 aromatic carbocycles. The van der Waals surface area contributed by atoms with E-state index in [1.54, 1.807) is 36.4 Å². The van der Waals surface area contributed by atoms with Gasteiger partial charge in [0.1, 0.15) is 18.1 Å². The lowest BCUT2D eigenvalue weighted by molar-refractivity contribution is 0.102. The Morgan fingerprint density at radius 3 is 2.61 bits per heavy atom. The summed E-state index contributed by atoms with van der Waals surface area (Å²) in [7, 11) is 0. The lowest BCUT2D eigenvalue weighted by atomic mass is 10.2. The highest BCUT2D eigenvalue weighted by Gasteiger charge is 2.07. The molecule has 0 aromatic heterocycles. The molecule has 0 fully saturated rings. The molecule has 4 heteroatoms. The van der Waals surface area contributed by atoms with Crippen LogP contribution in [-0.2, 0) is 0 Å². The first kappa shape index (κ1) is 16.6. The van der Waals surface area contributed by atoms with Gasteiger partial charge in [0.15, 0.2) is 0 Å². The highest BCUT2D eigenvalue weighted by Crippen LogP contribution is 2.19. The molecule has 0 spiro atoms. The summed E-state index contributed by atoms with van der Waals surface area (Å²) < 4.78 is 11.0. The molecule has 0 atom stereocenters. The Morgan fingerprint density at radius 2 is 1.91 bits per heavy atom. The van der Waals surface area contributed by atoms with Gasteiger partial charge in [-0.25, -0.2) is 0 Å². The van der Waals surface area contributed by atoms with Crippen molar-refractivity contribution in [2.75, 3.05) is 18.5 Å². The van der Waals surface area contributed by atoms with Gasteiger partial charge < -0.3 is 14.8 Å².